The lowest BCUT2D eigenvalue weighted by molar-refractivity contribution is 0.101. The van der Waals surface area contributed by atoms with Crippen molar-refractivity contribution in [3.63, 3.8) is 0 Å². The Hall–Kier alpha value is -3.74. The van der Waals surface area contributed by atoms with Crippen molar-refractivity contribution in [3.8, 4) is 5.75 Å². The molecule has 1 heterocycles. The molecule has 0 aliphatic heterocycles. The number of nitrogens with zero attached hydrogens (tertiary/aromatic N) is 2. The Morgan fingerprint density at radius 2 is 1.70 bits per heavy atom. The Labute approximate surface area is 156 Å². The standard InChI is InChI=1S/C20H18N4O3/c1-13(25)14-4-3-5-16(12-14)21-19-11-10-18(23-24-19)20(26)22-15-6-8-17(27-2)9-7-15/h3-12H,1-2H3,(H,21,24)(H,22,26). The Morgan fingerprint density at radius 3 is 2.33 bits per heavy atom. The lowest BCUT2D eigenvalue weighted by Gasteiger charge is -2.08. The van der Waals surface area contributed by atoms with Crippen molar-refractivity contribution in [2.24, 2.45) is 0 Å². The highest BCUT2D eigenvalue weighted by molar-refractivity contribution is 6.02. The van der Waals surface area contributed by atoms with Gasteiger partial charge in [-0.2, -0.15) is 0 Å². The number of rotatable bonds is 6. The molecular formula is C20H18N4O3. The fourth-order valence-electron chi connectivity index (χ4n) is 2.35. The number of methoxy groups -OCH3 is 1. The highest BCUT2D eigenvalue weighted by atomic mass is 16.5. The van der Waals surface area contributed by atoms with Gasteiger partial charge in [0.15, 0.2) is 17.3 Å². The molecule has 7 nitrogen and oxygen atoms in total. The van der Waals surface area contributed by atoms with E-state index in [0.717, 1.165) is 0 Å². The molecule has 1 aromatic heterocycles. The highest BCUT2D eigenvalue weighted by Gasteiger charge is 2.09. The summed E-state index contributed by atoms with van der Waals surface area (Å²) in [5, 5.41) is 13.8. The minimum absolute atomic E-state index is 0.0183. The summed E-state index contributed by atoms with van der Waals surface area (Å²) in [6.45, 7) is 1.51. The zero-order valence-electron chi connectivity index (χ0n) is 14.9. The van der Waals surface area contributed by atoms with Gasteiger partial charge in [-0.3, -0.25) is 9.59 Å². The summed E-state index contributed by atoms with van der Waals surface area (Å²) >= 11 is 0. The van der Waals surface area contributed by atoms with E-state index in [-0.39, 0.29) is 17.4 Å². The van der Waals surface area contributed by atoms with Gasteiger partial charge in [0.2, 0.25) is 0 Å². The molecule has 0 saturated carbocycles. The predicted molar refractivity (Wildman–Crippen MR) is 103 cm³/mol. The second kappa shape index (κ2) is 8.09. The summed E-state index contributed by atoms with van der Waals surface area (Å²) in [6.07, 6.45) is 0. The molecule has 3 rings (SSSR count). The lowest BCUT2D eigenvalue weighted by atomic mass is 10.1. The number of hydrogen-bond acceptors (Lipinski definition) is 6. The van der Waals surface area contributed by atoms with Crippen LogP contribution in [-0.4, -0.2) is 29.0 Å². The summed E-state index contributed by atoms with van der Waals surface area (Å²) in [4.78, 5) is 23.7. The number of ketones is 1. The van der Waals surface area contributed by atoms with Crippen molar-refractivity contribution in [2.75, 3.05) is 17.7 Å². The van der Waals surface area contributed by atoms with E-state index in [0.29, 0.717) is 28.5 Å². The number of amides is 1. The lowest BCUT2D eigenvalue weighted by Crippen LogP contribution is -2.14. The molecule has 7 heteroatoms. The first-order chi connectivity index (χ1) is 13.0. The van der Waals surface area contributed by atoms with Crippen LogP contribution in [0.1, 0.15) is 27.8 Å². The van der Waals surface area contributed by atoms with Crippen LogP contribution in [0, 0.1) is 0 Å². The maximum Gasteiger partial charge on any atom is 0.276 e. The first-order valence-electron chi connectivity index (χ1n) is 8.22. The maximum atomic E-state index is 12.3. The molecule has 0 bridgehead atoms. The Bertz CT molecular complexity index is 954. The molecule has 0 aliphatic carbocycles. The zero-order chi connectivity index (χ0) is 19.2. The molecule has 0 unspecified atom stereocenters. The van der Waals surface area contributed by atoms with Gasteiger partial charge in [-0.05, 0) is 55.5 Å². The molecular weight excluding hydrogens is 344 g/mol. The maximum absolute atomic E-state index is 12.3. The Balaban J connectivity index is 1.66. The summed E-state index contributed by atoms with van der Waals surface area (Å²) in [7, 11) is 1.58. The van der Waals surface area contributed by atoms with Crippen molar-refractivity contribution in [1.82, 2.24) is 10.2 Å². The molecule has 0 spiro atoms. The number of hydrogen-bond donors (Lipinski definition) is 2. The van der Waals surface area contributed by atoms with Crippen molar-refractivity contribution in [1.29, 1.82) is 0 Å². The van der Waals surface area contributed by atoms with E-state index in [1.165, 1.54) is 6.92 Å². The van der Waals surface area contributed by atoms with Crippen LogP contribution in [0.25, 0.3) is 0 Å². The second-order valence-corrected chi connectivity index (χ2v) is 5.75. The van der Waals surface area contributed by atoms with Gasteiger partial charge in [0.1, 0.15) is 5.75 Å². The van der Waals surface area contributed by atoms with E-state index in [9.17, 15) is 9.59 Å². The summed E-state index contributed by atoms with van der Waals surface area (Å²) < 4.78 is 5.08. The first-order valence-corrected chi connectivity index (χ1v) is 8.22. The van der Waals surface area contributed by atoms with Crippen molar-refractivity contribution < 1.29 is 14.3 Å². The van der Waals surface area contributed by atoms with Crippen LogP contribution in [0.5, 0.6) is 5.75 Å². The molecule has 0 radical (unpaired) electrons. The van der Waals surface area contributed by atoms with E-state index in [1.54, 1.807) is 61.7 Å². The van der Waals surface area contributed by atoms with Gasteiger partial charge in [0.25, 0.3) is 5.91 Å². The normalized spacial score (nSPS) is 10.1. The third-order valence-electron chi connectivity index (χ3n) is 3.79. The van der Waals surface area contributed by atoms with Crippen LogP contribution in [0.4, 0.5) is 17.2 Å². The Kier molecular flexibility index (Phi) is 5.41. The fourth-order valence-corrected chi connectivity index (χ4v) is 2.35. The van der Waals surface area contributed by atoms with Gasteiger partial charge in [-0.15, -0.1) is 10.2 Å². The monoisotopic (exact) mass is 362 g/mol. The van der Waals surface area contributed by atoms with E-state index < -0.39 is 0 Å². The topological polar surface area (TPSA) is 93.2 Å². The number of anilines is 3. The van der Waals surface area contributed by atoms with Crippen LogP contribution in [-0.2, 0) is 0 Å². The van der Waals surface area contributed by atoms with Crippen LogP contribution < -0.4 is 15.4 Å². The van der Waals surface area contributed by atoms with Crippen LogP contribution in [0.15, 0.2) is 60.7 Å². The fraction of sp³-hybridized carbons (Fsp3) is 0.100. The summed E-state index contributed by atoms with van der Waals surface area (Å²) in [5.74, 6) is 0.793. The van der Waals surface area contributed by atoms with E-state index in [2.05, 4.69) is 20.8 Å². The number of aromatic nitrogens is 2. The number of carbonyl (C=O) groups is 2. The van der Waals surface area contributed by atoms with Crippen molar-refractivity contribution in [2.45, 2.75) is 6.92 Å². The SMILES string of the molecule is COc1ccc(NC(=O)c2ccc(Nc3cccc(C(C)=O)c3)nn2)cc1. The smallest absolute Gasteiger partial charge is 0.276 e. The first kappa shape index (κ1) is 18.1. The quantitative estimate of drug-likeness (QED) is 0.650. The van der Waals surface area contributed by atoms with E-state index in [1.807, 2.05) is 6.07 Å². The predicted octanol–water partition coefficient (Wildman–Crippen LogP) is 3.68. The van der Waals surface area contributed by atoms with Crippen LogP contribution in [0.3, 0.4) is 0 Å². The van der Waals surface area contributed by atoms with Gasteiger partial charge < -0.3 is 15.4 Å². The number of Topliss-reactive ketones (excluding diaryl/α,β-unsaturated/α-hetero) is 1. The number of carbonyl (C=O) groups excluding carboxylic acids is 2. The van der Waals surface area contributed by atoms with Gasteiger partial charge in [0.05, 0.1) is 7.11 Å². The van der Waals surface area contributed by atoms with Gasteiger partial charge in [0, 0.05) is 16.9 Å². The molecule has 136 valence electrons. The average molecular weight is 362 g/mol. The summed E-state index contributed by atoms with van der Waals surface area (Å²) in [5.41, 5.74) is 2.13. The highest BCUT2D eigenvalue weighted by Crippen LogP contribution is 2.17. The van der Waals surface area contributed by atoms with Crippen LogP contribution >= 0.6 is 0 Å². The van der Waals surface area contributed by atoms with Crippen molar-refractivity contribution >= 4 is 28.9 Å². The van der Waals surface area contributed by atoms with Crippen LogP contribution in [0.2, 0.25) is 0 Å². The third-order valence-corrected chi connectivity index (χ3v) is 3.79. The largest absolute Gasteiger partial charge is 0.497 e. The average Bonchev–Trinajstić information content (AvgIpc) is 2.69. The number of ether oxygens (including phenoxy) is 1. The number of benzene rings is 2. The molecule has 0 atom stereocenters. The second-order valence-electron chi connectivity index (χ2n) is 5.75. The molecule has 0 saturated heterocycles. The van der Waals surface area contributed by atoms with E-state index >= 15 is 0 Å². The zero-order valence-corrected chi connectivity index (χ0v) is 14.9. The molecule has 0 fully saturated rings. The molecule has 1 amide bonds. The molecule has 27 heavy (non-hydrogen) atoms. The Morgan fingerprint density at radius 1 is 0.926 bits per heavy atom. The van der Waals surface area contributed by atoms with E-state index in [4.69, 9.17) is 4.74 Å². The molecule has 0 aliphatic rings. The minimum Gasteiger partial charge on any atom is -0.497 e. The van der Waals surface area contributed by atoms with Gasteiger partial charge in [-0.25, -0.2) is 0 Å². The molecule has 2 aromatic carbocycles. The van der Waals surface area contributed by atoms with Crippen molar-refractivity contribution in [3.05, 3.63) is 71.9 Å². The summed E-state index contributed by atoms with van der Waals surface area (Å²) in [6, 6.07) is 17.3. The molecule has 2 N–H and O–H groups in total. The third kappa shape index (κ3) is 4.66. The van der Waals surface area contributed by atoms with Gasteiger partial charge >= 0.3 is 0 Å². The molecule has 3 aromatic rings. The number of nitrogens with one attached hydrogen (secondary N) is 2. The van der Waals surface area contributed by atoms with Gasteiger partial charge in [-0.1, -0.05) is 12.1 Å². The minimum atomic E-state index is -0.363.